The van der Waals surface area contributed by atoms with Gasteiger partial charge in [-0.05, 0) is 19.8 Å². The maximum Gasteiger partial charge on any atom is 0.220 e. The van der Waals surface area contributed by atoms with Crippen molar-refractivity contribution in [2.24, 2.45) is 0 Å². The fraction of sp³-hybridized carbons (Fsp3) is 0.889. The lowest BCUT2D eigenvalue weighted by Gasteiger charge is -2.06. The Morgan fingerprint density at radius 3 is 2.85 bits per heavy atom. The van der Waals surface area contributed by atoms with E-state index < -0.39 is 0 Å². The Labute approximate surface area is 79.3 Å². The normalized spacial score (nSPS) is 12.5. The molecule has 4 heteroatoms. The van der Waals surface area contributed by atoms with Gasteiger partial charge in [0.15, 0.2) is 0 Å². The van der Waals surface area contributed by atoms with Crippen LogP contribution in [0.4, 0.5) is 0 Å². The van der Waals surface area contributed by atoms with E-state index in [-0.39, 0.29) is 12.0 Å². The van der Waals surface area contributed by atoms with Crippen LogP contribution in [0.5, 0.6) is 0 Å². The Balaban J connectivity index is 3.20. The Morgan fingerprint density at radius 1 is 1.62 bits per heavy atom. The number of methoxy groups -OCH3 is 1. The highest BCUT2D eigenvalue weighted by Crippen LogP contribution is 1.90. The largest absolute Gasteiger partial charge is 0.393 e. The first kappa shape index (κ1) is 12.4. The fourth-order valence-electron chi connectivity index (χ4n) is 0.886. The molecule has 4 nitrogen and oxygen atoms in total. The number of nitrogens with one attached hydrogen (secondary N) is 1. The molecule has 2 N–H and O–H groups in total. The van der Waals surface area contributed by atoms with Gasteiger partial charge in [-0.1, -0.05) is 0 Å². The van der Waals surface area contributed by atoms with Crippen LogP contribution in [0.2, 0.25) is 0 Å². The van der Waals surface area contributed by atoms with E-state index in [2.05, 4.69) is 5.32 Å². The predicted molar refractivity (Wildman–Crippen MR) is 50.4 cm³/mol. The van der Waals surface area contributed by atoms with Crippen LogP contribution in [0.15, 0.2) is 0 Å². The summed E-state index contributed by atoms with van der Waals surface area (Å²) < 4.78 is 4.81. The van der Waals surface area contributed by atoms with E-state index in [0.29, 0.717) is 26.0 Å². The number of hydrogen-bond acceptors (Lipinski definition) is 3. The van der Waals surface area contributed by atoms with E-state index in [1.165, 1.54) is 0 Å². The fourth-order valence-corrected chi connectivity index (χ4v) is 0.886. The lowest BCUT2D eigenvalue weighted by Crippen LogP contribution is -2.26. The van der Waals surface area contributed by atoms with Gasteiger partial charge < -0.3 is 15.2 Å². The van der Waals surface area contributed by atoms with Crippen LogP contribution in [-0.2, 0) is 9.53 Å². The summed E-state index contributed by atoms with van der Waals surface area (Å²) in [5, 5.41) is 11.6. The van der Waals surface area contributed by atoms with Crippen molar-refractivity contribution >= 4 is 5.91 Å². The first-order chi connectivity index (χ1) is 6.16. The summed E-state index contributed by atoms with van der Waals surface area (Å²) in [7, 11) is 1.62. The van der Waals surface area contributed by atoms with Crippen molar-refractivity contribution < 1.29 is 14.6 Å². The van der Waals surface area contributed by atoms with Gasteiger partial charge in [0.05, 0.1) is 6.10 Å². The molecule has 1 unspecified atom stereocenters. The van der Waals surface area contributed by atoms with E-state index in [0.717, 1.165) is 6.42 Å². The number of rotatable bonds is 7. The quantitative estimate of drug-likeness (QED) is 0.566. The molecule has 78 valence electrons. The van der Waals surface area contributed by atoms with Crippen molar-refractivity contribution in [1.82, 2.24) is 5.32 Å². The van der Waals surface area contributed by atoms with Crippen molar-refractivity contribution in [3.63, 3.8) is 0 Å². The van der Waals surface area contributed by atoms with Gasteiger partial charge in [0.1, 0.15) is 0 Å². The Morgan fingerprint density at radius 2 is 2.31 bits per heavy atom. The highest BCUT2D eigenvalue weighted by molar-refractivity contribution is 5.75. The van der Waals surface area contributed by atoms with Crippen LogP contribution in [0.25, 0.3) is 0 Å². The number of carbonyl (C=O) groups is 1. The molecule has 13 heavy (non-hydrogen) atoms. The topological polar surface area (TPSA) is 58.6 Å². The third-order valence-electron chi connectivity index (χ3n) is 1.64. The molecule has 0 rings (SSSR count). The Hall–Kier alpha value is -0.610. The molecule has 0 heterocycles. The number of aliphatic hydroxyl groups excluding tert-OH is 1. The molecule has 0 radical (unpaired) electrons. The van der Waals surface area contributed by atoms with E-state index in [9.17, 15) is 4.79 Å². The summed E-state index contributed by atoms with van der Waals surface area (Å²) in [5.74, 6) is 0.0256. The van der Waals surface area contributed by atoms with Gasteiger partial charge in [0.25, 0.3) is 0 Å². The minimum absolute atomic E-state index is 0.0256. The molecule has 0 spiro atoms. The maximum atomic E-state index is 11.1. The zero-order chi connectivity index (χ0) is 10.1. The zero-order valence-corrected chi connectivity index (χ0v) is 8.38. The number of amides is 1. The number of carbonyl (C=O) groups excluding carboxylic acids is 1. The summed E-state index contributed by atoms with van der Waals surface area (Å²) in [6, 6.07) is 0. The lowest BCUT2D eigenvalue weighted by atomic mass is 10.2. The van der Waals surface area contributed by atoms with E-state index in [4.69, 9.17) is 9.84 Å². The summed E-state index contributed by atoms with van der Waals surface area (Å²) in [5.41, 5.74) is 0. The van der Waals surface area contributed by atoms with Gasteiger partial charge in [0, 0.05) is 26.7 Å². The minimum atomic E-state index is -0.348. The van der Waals surface area contributed by atoms with E-state index in [1.54, 1.807) is 14.0 Å². The second kappa shape index (κ2) is 8.01. The molecule has 1 atom stereocenters. The Kier molecular flexibility index (Phi) is 7.63. The van der Waals surface area contributed by atoms with Gasteiger partial charge >= 0.3 is 0 Å². The van der Waals surface area contributed by atoms with Crippen LogP contribution in [0, 0.1) is 0 Å². The van der Waals surface area contributed by atoms with Gasteiger partial charge in [-0.3, -0.25) is 4.79 Å². The molecule has 0 bridgehead atoms. The molecule has 0 aromatic heterocycles. The molecule has 0 aliphatic rings. The van der Waals surface area contributed by atoms with E-state index in [1.807, 2.05) is 0 Å². The number of aliphatic hydroxyl groups is 1. The van der Waals surface area contributed by atoms with Crippen LogP contribution < -0.4 is 5.32 Å². The van der Waals surface area contributed by atoms with Gasteiger partial charge in [0.2, 0.25) is 5.91 Å². The average molecular weight is 189 g/mol. The van der Waals surface area contributed by atoms with Crippen molar-refractivity contribution in [3.8, 4) is 0 Å². The van der Waals surface area contributed by atoms with Crippen molar-refractivity contribution in [2.45, 2.75) is 32.3 Å². The van der Waals surface area contributed by atoms with Crippen molar-refractivity contribution in [3.05, 3.63) is 0 Å². The summed E-state index contributed by atoms with van der Waals surface area (Å²) in [4.78, 5) is 11.1. The first-order valence-corrected chi connectivity index (χ1v) is 4.60. The van der Waals surface area contributed by atoms with Crippen LogP contribution in [-0.4, -0.2) is 37.4 Å². The van der Waals surface area contributed by atoms with Crippen LogP contribution in [0.3, 0.4) is 0 Å². The summed E-state index contributed by atoms with van der Waals surface area (Å²) in [6.45, 7) is 2.87. The highest BCUT2D eigenvalue weighted by Gasteiger charge is 2.01. The van der Waals surface area contributed by atoms with Crippen molar-refractivity contribution in [2.75, 3.05) is 20.3 Å². The first-order valence-electron chi connectivity index (χ1n) is 4.60. The van der Waals surface area contributed by atoms with Crippen LogP contribution >= 0.6 is 0 Å². The highest BCUT2D eigenvalue weighted by atomic mass is 16.5. The second-order valence-electron chi connectivity index (χ2n) is 3.08. The van der Waals surface area contributed by atoms with Gasteiger partial charge in [-0.25, -0.2) is 0 Å². The van der Waals surface area contributed by atoms with Gasteiger partial charge in [-0.2, -0.15) is 0 Å². The monoisotopic (exact) mass is 189 g/mol. The SMILES string of the molecule is COCCCC(=O)NCCC(C)O. The maximum absolute atomic E-state index is 11.1. The smallest absolute Gasteiger partial charge is 0.220 e. The standard InChI is InChI=1S/C9H19NO3/c1-8(11)5-6-10-9(12)4-3-7-13-2/h8,11H,3-7H2,1-2H3,(H,10,12). The molecule has 0 saturated carbocycles. The lowest BCUT2D eigenvalue weighted by molar-refractivity contribution is -0.121. The molecule has 1 amide bonds. The molecule has 0 aromatic carbocycles. The predicted octanol–water partition coefficient (Wildman–Crippen LogP) is 0.300. The van der Waals surface area contributed by atoms with E-state index >= 15 is 0 Å². The number of hydrogen-bond donors (Lipinski definition) is 2. The van der Waals surface area contributed by atoms with Gasteiger partial charge in [-0.15, -0.1) is 0 Å². The minimum Gasteiger partial charge on any atom is -0.393 e. The molecule has 0 saturated heterocycles. The zero-order valence-electron chi connectivity index (χ0n) is 8.38. The summed E-state index contributed by atoms with van der Waals surface area (Å²) in [6.07, 6.45) is 1.50. The molecule has 0 aliphatic carbocycles. The molecule has 0 fully saturated rings. The Bertz CT molecular complexity index is 137. The molecule has 0 aromatic rings. The average Bonchev–Trinajstić information content (AvgIpc) is 2.04. The third-order valence-corrected chi connectivity index (χ3v) is 1.64. The third kappa shape index (κ3) is 9.30. The van der Waals surface area contributed by atoms with Crippen molar-refractivity contribution in [1.29, 1.82) is 0 Å². The molecule has 0 aliphatic heterocycles. The molecular formula is C9H19NO3. The molecular weight excluding hydrogens is 170 g/mol. The second-order valence-corrected chi connectivity index (χ2v) is 3.08. The summed E-state index contributed by atoms with van der Waals surface area (Å²) >= 11 is 0. The van der Waals surface area contributed by atoms with Crippen LogP contribution in [0.1, 0.15) is 26.2 Å². The number of ether oxygens (including phenoxy) is 1.